The number of ether oxygens (including phenoxy) is 1. The van der Waals surface area contributed by atoms with Gasteiger partial charge in [-0.2, -0.15) is 9.36 Å². The van der Waals surface area contributed by atoms with E-state index < -0.39 is 0 Å². The van der Waals surface area contributed by atoms with Gasteiger partial charge in [0, 0.05) is 30.1 Å². The molecule has 6 heteroatoms. The van der Waals surface area contributed by atoms with Crippen LogP contribution in [0.5, 0.6) is 10.9 Å². The van der Waals surface area contributed by atoms with Gasteiger partial charge >= 0.3 is 0 Å². The van der Waals surface area contributed by atoms with E-state index in [2.05, 4.69) is 59.7 Å². The maximum absolute atomic E-state index is 12.3. The number of hydrogen-bond donors (Lipinski definition) is 1. The van der Waals surface area contributed by atoms with Crippen molar-refractivity contribution in [3.05, 3.63) is 71.0 Å². The van der Waals surface area contributed by atoms with Crippen molar-refractivity contribution in [2.24, 2.45) is 5.92 Å². The molecule has 0 atom stereocenters. The van der Waals surface area contributed by atoms with Crippen molar-refractivity contribution in [2.45, 2.75) is 33.6 Å². The second-order valence-corrected chi connectivity index (χ2v) is 7.92. The van der Waals surface area contributed by atoms with Crippen LogP contribution in [0.1, 0.15) is 47.6 Å². The van der Waals surface area contributed by atoms with E-state index in [9.17, 15) is 4.79 Å². The quantitative estimate of drug-likeness (QED) is 0.583. The van der Waals surface area contributed by atoms with Gasteiger partial charge in [0.25, 0.3) is 11.1 Å². The topological polar surface area (TPSA) is 64.1 Å². The number of carbonyl (C=O) groups is 1. The number of carbonyl (C=O) groups excluding carboxylic acids is 1. The van der Waals surface area contributed by atoms with Gasteiger partial charge in [-0.3, -0.25) is 4.79 Å². The number of rotatable bonds is 8. The van der Waals surface area contributed by atoms with Gasteiger partial charge < -0.3 is 10.1 Å². The van der Waals surface area contributed by atoms with Crippen LogP contribution >= 0.6 is 11.5 Å². The Bertz CT molecular complexity index is 920. The van der Waals surface area contributed by atoms with Gasteiger partial charge in [0.05, 0.1) is 0 Å². The van der Waals surface area contributed by atoms with Crippen LogP contribution in [-0.4, -0.2) is 21.8 Å². The molecule has 3 rings (SSSR count). The van der Waals surface area contributed by atoms with Crippen LogP contribution in [0, 0.1) is 12.8 Å². The van der Waals surface area contributed by atoms with Crippen LogP contribution in [0.25, 0.3) is 0 Å². The van der Waals surface area contributed by atoms with E-state index in [0.717, 1.165) is 17.8 Å². The molecule has 0 spiro atoms. The number of aromatic nitrogens is 2. The summed E-state index contributed by atoms with van der Waals surface area (Å²) in [7, 11) is 0. The summed E-state index contributed by atoms with van der Waals surface area (Å²) in [6, 6.07) is 15.4. The average molecular weight is 396 g/mol. The molecular formula is C22H25N3O2S. The second kappa shape index (κ2) is 9.46. The van der Waals surface area contributed by atoms with Crippen LogP contribution in [0.3, 0.4) is 0 Å². The molecule has 0 saturated carbocycles. The molecule has 0 aliphatic heterocycles. The maximum Gasteiger partial charge on any atom is 0.298 e. The first-order valence-electron chi connectivity index (χ1n) is 9.44. The van der Waals surface area contributed by atoms with E-state index in [1.54, 1.807) is 18.2 Å². The molecular weight excluding hydrogens is 370 g/mol. The van der Waals surface area contributed by atoms with Gasteiger partial charge in [0.1, 0.15) is 5.75 Å². The number of amides is 1. The lowest BCUT2D eigenvalue weighted by Crippen LogP contribution is -2.25. The third kappa shape index (κ3) is 5.89. The largest absolute Gasteiger partial charge is 0.430 e. The SMILES string of the molecule is Cc1ccc(Cc2nsc(Oc3cccc(C(=O)NCCC(C)C)c3)n2)cc1. The summed E-state index contributed by atoms with van der Waals surface area (Å²) in [5, 5.41) is 3.41. The minimum atomic E-state index is -0.0941. The molecule has 0 saturated heterocycles. The van der Waals surface area contributed by atoms with Gasteiger partial charge in [0.2, 0.25) is 0 Å². The molecule has 1 aromatic heterocycles. The van der Waals surface area contributed by atoms with Crippen LogP contribution in [0.15, 0.2) is 48.5 Å². The summed E-state index contributed by atoms with van der Waals surface area (Å²) in [6.07, 6.45) is 1.62. The van der Waals surface area contributed by atoms with E-state index in [1.807, 2.05) is 6.07 Å². The normalized spacial score (nSPS) is 10.9. The summed E-state index contributed by atoms with van der Waals surface area (Å²) in [5.41, 5.74) is 2.97. The van der Waals surface area contributed by atoms with Crippen molar-refractivity contribution < 1.29 is 9.53 Å². The molecule has 1 N–H and O–H groups in total. The fourth-order valence-electron chi connectivity index (χ4n) is 2.62. The van der Waals surface area contributed by atoms with Crippen LogP contribution in [0.4, 0.5) is 0 Å². The van der Waals surface area contributed by atoms with Crippen molar-refractivity contribution in [2.75, 3.05) is 6.54 Å². The molecule has 1 amide bonds. The monoisotopic (exact) mass is 395 g/mol. The average Bonchev–Trinajstić information content (AvgIpc) is 3.10. The van der Waals surface area contributed by atoms with E-state index in [1.165, 1.54) is 17.1 Å². The zero-order valence-electron chi connectivity index (χ0n) is 16.4. The molecule has 0 fully saturated rings. The predicted molar refractivity (Wildman–Crippen MR) is 112 cm³/mol. The molecule has 1 heterocycles. The predicted octanol–water partition coefficient (Wildman–Crippen LogP) is 5.01. The Labute approximate surface area is 170 Å². The maximum atomic E-state index is 12.3. The van der Waals surface area contributed by atoms with Crippen molar-refractivity contribution in [3.8, 4) is 10.9 Å². The van der Waals surface area contributed by atoms with E-state index >= 15 is 0 Å². The Kier molecular flexibility index (Phi) is 6.76. The minimum absolute atomic E-state index is 0.0941. The molecule has 5 nitrogen and oxygen atoms in total. The van der Waals surface area contributed by atoms with Crippen LogP contribution < -0.4 is 10.1 Å². The molecule has 3 aromatic rings. The Balaban J connectivity index is 1.60. The lowest BCUT2D eigenvalue weighted by molar-refractivity contribution is 0.0951. The van der Waals surface area contributed by atoms with E-state index in [4.69, 9.17) is 4.74 Å². The third-order valence-corrected chi connectivity index (χ3v) is 4.87. The Morgan fingerprint density at radius 2 is 1.96 bits per heavy atom. The highest BCUT2D eigenvalue weighted by Gasteiger charge is 2.10. The molecule has 146 valence electrons. The summed E-state index contributed by atoms with van der Waals surface area (Å²) < 4.78 is 10.2. The summed E-state index contributed by atoms with van der Waals surface area (Å²) in [5.74, 6) is 1.77. The zero-order valence-corrected chi connectivity index (χ0v) is 17.3. The summed E-state index contributed by atoms with van der Waals surface area (Å²) >= 11 is 1.21. The summed E-state index contributed by atoms with van der Waals surface area (Å²) in [6.45, 7) is 7.00. The number of hydrogen-bond acceptors (Lipinski definition) is 5. The smallest absolute Gasteiger partial charge is 0.298 e. The second-order valence-electron chi connectivity index (χ2n) is 7.21. The van der Waals surface area contributed by atoms with Gasteiger partial charge in [-0.05, 0) is 43.0 Å². The molecule has 0 radical (unpaired) electrons. The minimum Gasteiger partial charge on any atom is -0.430 e. The number of nitrogens with zero attached hydrogens (tertiary/aromatic N) is 2. The van der Waals surface area contributed by atoms with Crippen LogP contribution in [-0.2, 0) is 6.42 Å². The first kappa shape index (κ1) is 20.0. The third-order valence-electron chi connectivity index (χ3n) is 4.24. The Morgan fingerprint density at radius 3 is 2.71 bits per heavy atom. The van der Waals surface area contributed by atoms with Gasteiger partial charge in [0.15, 0.2) is 5.82 Å². The zero-order chi connectivity index (χ0) is 19.9. The molecule has 0 unspecified atom stereocenters. The Morgan fingerprint density at radius 1 is 1.18 bits per heavy atom. The first-order chi connectivity index (χ1) is 13.5. The molecule has 28 heavy (non-hydrogen) atoms. The fraction of sp³-hybridized carbons (Fsp3) is 0.318. The number of benzene rings is 2. The summed E-state index contributed by atoms with van der Waals surface area (Å²) in [4.78, 5) is 16.7. The van der Waals surface area contributed by atoms with E-state index in [-0.39, 0.29) is 5.91 Å². The Hall–Kier alpha value is -2.73. The van der Waals surface area contributed by atoms with Crippen molar-refractivity contribution in [1.82, 2.24) is 14.7 Å². The molecule has 0 aliphatic rings. The highest BCUT2D eigenvalue weighted by atomic mass is 32.1. The highest BCUT2D eigenvalue weighted by molar-refractivity contribution is 7.07. The van der Waals surface area contributed by atoms with Crippen molar-refractivity contribution in [3.63, 3.8) is 0 Å². The number of aryl methyl sites for hydroxylation is 1. The number of nitrogens with one attached hydrogen (secondary N) is 1. The van der Waals surface area contributed by atoms with Gasteiger partial charge in [-0.15, -0.1) is 0 Å². The standard InChI is InChI=1S/C22H25N3O2S/c1-15(2)11-12-23-21(26)18-5-4-6-19(14-18)27-22-24-20(25-28-22)13-17-9-7-16(3)8-10-17/h4-10,14-15H,11-13H2,1-3H3,(H,23,26). The van der Waals surface area contributed by atoms with Gasteiger partial charge in [-0.25, -0.2) is 0 Å². The lowest BCUT2D eigenvalue weighted by Gasteiger charge is -2.08. The van der Waals surface area contributed by atoms with Crippen molar-refractivity contribution in [1.29, 1.82) is 0 Å². The molecule has 0 aliphatic carbocycles. The van der Waals surface area contributed by atoms with Crippen LogP contribution in [0.2, 0.25) is 0 Å². The molecule has 0 bridgehead atoms. The van der Waals surface area contributed by atoms with E-state index in [0.29, 0.717) is 35.4 Å². The van der Waals surface area contributed by atoms with Crippen molar-refractivity contribution >= 4 is 17.4 Å². The lowest BCUT2D eigenvalue weighted by atomic mass is 10.1. The molecule has 2 aromatic carbocycles. The highest BCUT2D eigenvalue weighted by Crippen LogP contribution is 2.24. The van der Waals surface area contributed by atoms with Gasteiger partial charge in [-0.1, -0.05) is 49.7 Å². The fourth-order valence-corrected chi connectivity index (χ4v) is 3.19. The first-order valence-corrected chi connectivity index (χ1v) is 10.2.